The predicted octanol–water partition coefficient (Wildman–Crippen LogP) is 0.641. The molecule has 5 nitrogen and oxygen atoms in total. The molecule has 0 fully saturated rings. The minimum absolute atomic E-state index is 0.203. The number of hydrogen-bond donors (Lipinski definition) is 2. The normalized spacial score (nSPS) is 9.81. The third-order valence-corrected chi connectivity index (χ3v) is 2.07. The van der Waals surface area contributed by atoms with E-state index in [1.54, 1.807) is 12.1 Å². The monoisotopic (exact) mass is 244 g/mol. The zero-order valence-electron chi connectivity index (χ0n) is 8.66. The second-order valence-electron chi connectivity index (χ2n) is 3.06. The topological polar surface area (TPSA) is 71.3 Å². The summed E-state index contributed by atoms with van der Waals surface area (Å²) in [4.78, 5) is 22.4. The first-order valence-corrected chi connectivity index (χ1v) is 5.42. The van der Waals surface area contributed by atoms with Crippen LogP contribution in [0.1, 0.15) is 12.2 Å². The van der Waals surface area contributed by atoms with Gasteiger partial charge in [-0.3, -0.25) is 9.59 Å². The van der Waals surface area contributed by atoms with Gasteiger partial charge in [-0.2, -0.15) is 0 Å². The van der Waals surface area contributed by atoms with Crippen molar-refractivity contribution in [1.29, 1.82) is 0 Å². The molecule has 0 bridgehead atoms. The predicted molar refractivity (Wildman–Crippen MR) is 58.9 cm³/mol. The van der Waals surface area contributed by atoms with Gasteiger partial charge in [0.15, 0.2) is 0 Å². The molecule has 1 rings (SSSR count). The van der Waals surface area contributed by atoms with E-state index in [2.05, 4.69) is 10.6 Å². The smallest absolute Gasteiger partial charge is 0.309 e. The zero-order valence-corrected chi connectivity index (χ0v) is 9.42. The second-order valence-corrected chi connectivity index (χ2v) is 3.44. The molecule has 0 aromatic carbocycles. The van der Waals surface area contributed by atoms with Gasteiger partial charge in [-0.15, -0.1) is 11.6 Å². The van der Waals surface area contributed by atoms with Crippen LogP contribution in [-0.2, 0) is 16.1 Å². The Kier molecular flexibility index (Phi) is 5.42. The summed E-state index contributed by atoms with van der Waals surface area (Å²) >= 11 is 5.43. The van der Waals surface area contributed by atoms with Crippen molar-refractivity contribution in [3.63, 3.8) is 0 Å². The molecule has 0 aliphatic heterocycles. The van der Waals surface area contributed by atoms with Crippen molar-refractivity contribution in [2.45, 2.75) is 13.0 Å². The summed E-state index contributed by atoms with van der Waals surface area (Å²) in [6.45, 7) is 0.602. The van der Waals surface area contributed by atoms with Crippen LogP contribution in [0.3, 0.4) is 0 Å². The van der Waals surface area contributed by atoms with E-state index in [1.807, 2.05) is 0 Å². The molecule has 0 aliphatic rings. The van der Waals surface area contributed by atoms with Crippen LogP contribution in [0.4, 0.5) is 0 Å². The quantitative estimate of drug-likeness (QED) is 0.454. The minimum Gasteiger partial charge on any atom is -0.467 e. The summed E-state index contributed by atoms with van der Waals surface area (Å²) in [5, 5.41) is 4.88. The summed E-state index contributed by atoms with van der Waals surface area (Å²) in [5.41, 5.74) is 0. The maximum atomic E-state index is 11.2. The van der Waals surface area contributed by atoms with Gasteiger partial charge in [-0.05, 0) is 18.6 Å². The van der Waals surface area contributed by atoms with Crippen LogP contribution in [0.5, 0.6) is 0 Å². The lowest BCUT2D eigenvalue weighted by atomic mass is 10.4. The fourth-order valence-corrected chi connectivity index (χ4v) is 1.14. The number of rotatable bonds is 5. The van der Waals surface area contributed by atoms with Gasteiger partial charge < -0.3 is 15.1 Å². The first-order valence-electron chi connectivity index (χ1n) is 4.88. The third kappa shape index (κ3) is 4.35. The second kappa shape index (κ2) is 6.90. The summed E-state index contributed by atoms with van der Waals surface area (Å²) in [6, 6.07) is 3.42. The van der Waals surface area contributed by atoms with E-state index >= 15 is 0 Å². The van der Waals surface area contributed by atoms with Crippen molar-refractivity contribution in [2.24, 2.45) is 0 Å². The fourth-order valence-electron chi connectivity index (χ4n) is 1.01. The van der Waals surface area contributed by atoms with Crippen molar-refractivity contribution in [3.8, 4) is 0 Å². The summed E-state index contributed by atoms with van der Waals surface area (Å²) < 4.78 is 5.00. The molecule has 0 aliphatic carbocycles. The third-order valence-electron chi connectivity index (χ3n) is 1.81. The van der Waals surface area contributed by atoms with Crippen molar-refractivity contribution >= 4 is 23.4 Å². The molecule has 88 valence electrons. The van der Waals surface area contributed by atoms with Gasteiger partial charge in [0, 0.05) is 12.4 Å². The molecule has 1 aromatic rings. The lowest BCUT2D eigenvalue weighted by Crippen LogP contribution is -2.39. The van der Waals surface area contributed by atoms with Crippen LogP contribution in [0, 0.1) is 0 Å². The Morgan fingerprint density at radius 2 is 2.06 bits per heavy atom. The average molecular weight is 245 g/mol. The molecule has 2 N–H and O–H groups in total. The number of carbonyl (C=O) groups excluding carboxylic acids is 2. The highest BCUT2D eigenvalue weighted by atomic mass is 35.5. The van der Waals surface area contributed by atoms with Crippen LogP contribution < -0.4 is 10.6 Å². The lowest BCUT2D eigenvalue weighted by molar-refractivity contribution is -0.139. The number of hydrogen-bond acceptors (Lipinski definition) is 3. The highest BCUT2D eigenvalue weighted by molar-refractivity contribution is 6.35. The van der Waals surface area contributed by atoms with Crippen molar-refractivity contribution in [1.82, 2.24) is 10.6 Å². The van der Waals surface area contributed by atoms with Crippen LogP contribution >= 0.6 is 11.6 Å². The summed E-state index contributed by atoms with van der Waals surface area (Å²) in [5.74, 6) is -0.279. The van der Waals surface area contributed by atoms with Gasteiger partial charge in [-0.1, -0.05) is 0 Å². The highest BCUT2D eigenvalue weighted by Gasteiger charge is 2.12. The Balaban J connectivity index is 2.21. The molecule has 0 spiro atoms. The number of amides is 2. The Bertz CT molecular complexity index is 338. The fraction of sp³-hybridized carbons (Fsp3) is 0.400. The molecule has 1 heterocycles. The molecule has 2 amide bonds. The van der Waals surface area contributed by atoms with Crippen LogP contribution in [0.25, 0.3) is 0 Å². The SMILES string of the molecule is O=C(NCCCCl)C(=O)NCc1ccco1. The molecule has 0 unspecified atom stereocenters. The van der Waals surface area contributed by atoms with Crippen molar-refractivity contribution in [2.75, 3.05) is 12.4 Å². The minimum atomic E-state index is -0.675. The van der Waals surface area contributed by atoms with Crippen LogP contribution in [0.15, 0.2) is 22.8 Å². The van der Waals surface area contributed by atoms with Crippen LogP contribution in [-0.4, -0.2) is 24.2 Å². The van der Waals surface area contributed by atoms with Crippen molar-refractivity contribution < 1.29 is 14.0 Å². The molecule has 1 aromatic heterocycles. The van der Waals surface area contributed by atoms with E-state index in [0.29, 0.717) is 24.6 Å². The van der Waals surface area contributed by atoms with E-state index in [-0.39, 0.29) is 6.54 Å². The van der Waals surface area contributed by atoms with Gasteiger partial charge in [0.05, 0.1) is 12.8 Å². The number of alkyl halides is 1. The van der Waals surface area contributed by atoms with E-state index in [4.69, 9.17) is 16.0 Å². The maximum absolute atomic E-state index is 11.2. The lowest BCUT2D eigenvalue weighted by Gasteiger charge is -2.04. The largest absolute Gasteiger partial charge is 0.467 e. The van der Waals surface area contributed by atoms with Gasteiger partial charge >= 0.3 is 11.8 Å². The Labute approximate surface area is 98.1 Å². The van der Waals surface area contributed by atoms with Gasteiger partial charge in [0.25, 0.3) is 0 Å². The average Bonchev–Trinajstić information content (AvgIpc) is 2.79. The zero-order chi connectivity index (χ0) is 11.8. The number of furan rings is 1. The Morgan fingerprint density at radius 3 is 2.69 bits per heavy atom. The standard InChI is InChI=1S/C10H13ClN2O3/c11-4-2-5-12-9(14)10(15)13-7-8-3-1-6-16-8/h1,3,6H,2,4-5,7H2,(H,12,14)(H,13,15). The first kappa shape index (κ1) is 12.6. The van der Waals surface area contributed by atoms with Crippen LogP contribution in [0.2, 0.25) is 0 Å². The Morgan fingerprint density at radius 1 is 1.31 bits per heavy atom. The van der Waals surface area contributed by atoms with Gasteiger partial charge in [0.1, 0.15) is 5.76 Å². The van der Waals surface area contributed by atoms with E-state index in [0.717, 1.165) is 0 Å². The van der Waals surface area contributed by atoms with Crippen molar-refractivity contribution in [3.05, 3.63) is 24.2 Å². The van der Waals surface area contributed by atoms with E-state index in [9.17, 15) is 9.59 Å². The highest BCUT2D eigenvalue weighted by Crippen LogP contribution is 1.98. The van der Waals surface area contributed by atoms with E-state index in [1.165, 1.54) is 6.26 Å². The molecule has 0 saturated heterocycles. The molecular weight excluding hydrogens is 232 g/mol. The van der Waals surface area contributed by atoms with Gasteiger partial charge in [-0.25, -0.2) is 0 Å². The number of halogens is 1. The molecule has 16 heavy (non-hydrogen) atoms. The summed E-state index contributed by atoms with van der Waals surface area (Å²) in [7, 11) is 0. The molecule has 6 heteroatoms. The summed E-state index contributed by atoms with van der Waals surface area (Å²) in [6.07, 6.45) is 2.14. The number of carbonyl (C=O) groups is 2. The first-order chi connectivity index (χ1) is 7.74. The molecule has 0 radical (unpaired) electrons. The molecule has 0 atom stereocenters. The molecule has 0 saturated carbocycles. The maximum Gasteiger partial charge on any atom is 0.309 e. The Hall–Kier alpha value is -1.49. The van der Waals surface area contributed by atoms with E-state index < -0.39 is 11.8 Å². The molecular formula is C10H13ClN2O3. The van der Waals surface area contributed by atoms with Gasteiger partial charge in [0.2, 0.25) is 0 Å². The number of nitrogens with one attached hydrogen (secondary N) is 2.